The first-order valence-electron chi connectivity index (χ1n) is 5.45. The monoisotopic (exact) mass is 258 g/mol. The first-order chi connectivity index (χ1) is 7.77. The van der Waals surface area contributed by atoms with E-state index in [-0.39, 0.29) is 5.91 Å². The van der Waals surface area contributed by atoms with Crippen LogP contribution in [0.1, 0.15) is 40.7 Å². The van der Waals surface area contributed by atoms with Crippen LogP contribution in [0.25, 0.3) is 0 Å². The van der Waals surface area contributed by atoms with Crippen molar-refractivity contribution in [3.05, 3.63) is 21.9 Å². The van der Waals surface area contributed by atoms with Gasteiger partial charge in [-0.05, 0) is 24.3 Å². The van der Waals surface area contributed by atoms with Gasteiger partial charge < -0.3 is 0 Å². The Kier molecular flexibility index (Phi) is 6.52. The molecule has 1 aromatic rings. The smallest absolute Gasteiger partial charge is 0.275 e. The molecule has 0 unspecified atom stereocenters. The second-order valence-electron chi connectivity index (χ2n) is 3.50. The molecule has 0 spiro atoms. The maximum Gasteiger partial charge on any atom is 0.275 e. The Hall–Kier alpha value is -0.520. The fourth-order valence-electron chi connectivity index (χ4n) is 1.28. The number of hydrogen-bond acceptors (Lipinski definition) is 4. The van der Waals surface area contributed by atoms with Crippen LogP contribution in [-0.4, -0.2) is 11.7 Å². The normalized spacial score (nSPS) is 10.4. The number of carbonyl (C=O) groups is 1. The number of amides is 1. The van der Waals surface area contributed by atoms with E-state index in [0.717, 1.165) is 5.75 Å². The Labute approximate surface area is 105 Å². The zero-order valence-electron chi connectivity index (χ0n) is 9.49. The van der Waals surface area contributed by atoms with Gasteiger partial charge in [0.25, 0.3) is 5.91 Å². The molecule has 1 aromatic heterocycles. The number of carbonyl (C=O) groups excluding carboxylic acids is 1. The van der Waals surface area contributed by atoms with E-state index in [1.807, 2.05) is 23.9 Å². The van der Waals surface area contributed by atoms with Gasteiger partial charge >= 0.3 is 0 Å². The third-order valence-corrected chi connectivity index (χ3v) is 4.51. The highest BCUT2D eigenvalue weighted by Gasteiger charge is 2.06. The molecular weight excluding hydrogens is 240 g/mol. The Morgan fingerprint density at radius 1 is 1.50 bits per heavy atom. The summed E-state index contributed by atoms with van der Waals surface area (Å²) in [7, 11) is 0. The largest absolute Gasteiger partial charge is 0.289 e. The Balaban J connectivity index is 2.27. The summed E-state index contributed by atoms with van der Waals surface area (Å²) in [6.45, 7) is 2.21. The quantitative estimate of drug-likeness (QED) is 0.342. The Bertz CT molecular complexity index is 326. The van der Waals surface area contributed by atoms with E-state index in [0.29, 0.717) is 4.88 Å². The van der Waals surface area contributed by atoms with Crippen molar-refractivity contribution in [1.29, 1.82) is 0 Å². The average molecular weight is 258 g/mol. The zero-order chi connectivity index (χ0) is 11.8. The van der Waals surface area contributed by atoms with Gasteiger partial charge in [0.15, 0.2) is 0 Å². The number of nitrogen functional groups attached to an aromatic ring is 1. The number of unbranched alkanes of at least 4 members (excludes halogenated alkanes) is 2. The first kappa shape index (κ1) is 13.5. The van der Waals surface area contributed by atoms with Crippen molar-refractivity contribution in [2.24, 2.45) is 5.84 Å². The summed E-state index contributed by atoms with van der Waals surface area (Å²) < 4.78 is 0. The summed E-state index contributed by atoms with van der Waals surface area (Å²) in [6.07, 6.45) is 3.85. The van der Waals surface area contributed by atoms with Crippen molar-refractivity contribution in [2.75, 3.05) is 5.75 Å². The zero-order valence-corrected chi connectivity index (χ0v) is 11.1. The number of nitrogens with two attached hydrogens (primary N) is 1. The average Bonchev–Trinajstić information content (AvgIpc) is 2.76. The van der Waals surface area contributed by atoms with Crippen molar-refractivity contribution >= 4 is 29.0 Å². The number of thiophene rings is 1. The molecule has 0 aromatic carbocycles. The first-order valence-corrected chi connectivity index (χ1v) is 7.42. The van der Waals surface area contributed by atoms with E-state index >= 15 is 0 Å². The molecule has 0 aliphatic carbocycles. The van der Waals surface area contributed by atoms with Crippen LogP contribution in [0.2, 0.25) is 0 Å². The molecular formula is C11H18N2OS2. The van der Waals surface area contributed by atoms with Crippen LogP contribution in [-0.2, 0) is 5.75 Å². The van der Waals surface area contributed by atoms with Crippen molar-refractivity contribution < 1.29 is 4.79 Å². The Morgan fingerprint density at radius 2 is 2.31 bits per heavy atom. The topological polar surface area (TPSA) is 55.1 Å². The maximum atomic E-state index is 11.2. The lowest BCUT2D eigenvalue weighted by Gasteiger charge is -1.98. The molecule has 16 heavy (non-hydrogen) atoms. The molecule has 3 N–H and O–H groups in total. The summed E-state index contributed by atoms with van der Waals surface area (Å²) >= 11 is 3.44. The third kappa shape index (κ3) is 4.55. The maximum absolute atomic E-state index is 11.2. The molecule has 1 amide bonds. The van der Waals surface area contributed by atoms with Crippen LogP contribution in [0, 0.1) is 0 Å². The van der Waals surface area contributed by atoms with Crippen molar-refractivity contribution in [1.82, 2.24) is 5.43 Å². The van der Waals surface area contributed by atoms with Gasteiger partial charge in [-0.3, -0.25) is 10.2 Å². The molecule has 0 fully saturated rings. The van der Waals surface area contributed by atoms with Gasteiger partial charge in [0.1, 0.15) is 0 Å². The number of hydrazine groups is 1. The molecule has 0 saturated carbocycles. The van der Waals surface area contributed by atoms with Crippen LogP contribution in [0.5, 0.6) is 0 Å². The number of hydrogen-bond donors (Lipinski definition) is 2. The van der Waals surface area contributed by atoms with Crippen molar-refractivity contribution in [2.45, 2.75) is 31.9 Å². The second kappa shape index (κ2) is 7.70. The predicted octanol–water partition coefficient (Wildman–Crippen LogP) is 2.78. The fraction of sp³-hybridized carbons (Fsp3) is 0.545. The molecule has 0 aliphatic heterocycles. The minimum atomic E-state index is -0.202. The van der Waals surface area contributed by atoms with Gasteiger partial charge in [0, 0.05) is 10.6 Å². The molecule has 0 aliphatic rings. The molecule has 0 saturated heterocycles. The van der Waals surface area contributed by atoms with E-state index in [1.165, 1.54) is 41.2 Å². The van der Waals surface area contributed by atoms with Crippen LogP contribution < -0.4 is 11.3 Å². The minimum Gasteiger partial charge on any atom is -0.289 e. The fourth-order valence-corrected chi connectivity index (χ4v) is 3.32. The van der Waals surface area contributed by atoms with Crippen LogP contribution in [0.15, 0.2) is 12.1 Å². The van der Waals surface area contributed by atoms with Gasteiger partial charge in [0.05, 0.1) is 4.88 Å². The molecule has 0 atom stereocenters. The van der Waals surface area contributed by atoms with Gasteiger partial charge in [0.2, 0.25) is 0 Å². The minimum absolute atomic E-state index is 0.202. The lowest BCUT2D eigenvalue weighted by molar-refractivity contribution is 0.0957. The van der Waals surface area contributed by atoms with Crippen LogP contribution in [0.4, 0.5) is 0 Å². The summed E-state index contributed by atoms with van der Waals surface area (Å²) in [5.74, 6) is 7.06. The van der Waals surface area contributed by atoms with E-state index < -0.39 is 0 Å². The molecule has 0 radical (unpaired) electrons. The second-order valence-corrected chi connectivity index (χ2v) is 5.77. The lowest BCUT2D eigenvalue weighted by Crippen LogP contribution is -2.29. The lowest BCUT2D eigenvalue weighted by atomic mass is 10.3. The van der Waals surface area contributed by atoms with Crippen LogP contribution in [0.3, 0.4) is 0 Å². The summed E-state index contributed by atoms with van der Waals surface area (Å²) in [4.78, 5) is 13.1. The molecule has 5 heteroatoms. The van der Waals surface area contributed by atoms with Crippen molar-refractivity contribution in [3.8, 4) is 0 Å². The number of thioether (sulfide) groups is 1. The van der Waals surface area contributed by atoms with E-state index in [1.54, 1.807) is 0 Å². The highest BCUT2D eigenvalue weighted by atomic mass is 32.2. The molecule has 3 nitrogen and oxygen atoms in total. The van der Waals surface area contributed by atoms with Crippen molar-refractivity contribution in [3.63, 3.8) is 0 Å². The molecule has 1 rings (SSSR count). The van der Waals surface area contributed by atoms with Gasteiger partial charge in [-0.2, -0.15) is 11.8 Å². The number of rotatable bonds is 7. The van der Waals surface area contributed by atoms with Crippen LogP contribution >= 0.6 is 23.1 Å². The predicted molar refractivity (Wildman–Crippen MR) is 71.7 cm³/mol. The molecule has 90 valence electrons. The van der Waals surface area contributed by atoms with Gasteiger partial charge in [-0.1, -0.05) is 19.8 Å². The summed E-state index contributed by atoms with van der Waals surface area (Å²) in [5, 5.41) is 0. The standard InChI is InChI=1S/C11H18N2OS2/c1-2-3-4-7-15-8-9-5-6-10(16-9)11(14)13-12/h5-6H,2-4,7-8,12H2,1H3,(H,13,14). The highest BCUT2D eigenvalue weighted by Crippen LogP contribution is 2.22. The van der Waals surface area contributed by atoms with E-state index in [9.17, 15) is 4.79 Å². The molecule has 0 bridgehead atoms. The summed E-state index contributed by atoms with van der Waals surface area (Å²) in [5.41, 5.74) is 2.14. The van der Waals surface area contributed by atoms with E-state index in [4.69, 9.17) is 5.84 Å². The van der Waals surface area contributed by atoms with Gasteiger partial charge in [-0.25, -0.2) is 5.84 Å². The van der Waals surface area contributed by atoms with Gasteiger partial charge in [-0.15, -0.1) is 11.3 Å². The summed E-state index contributed by atoms with van der Waals surface area (Å²) in [6, 6.07) is 3.83. The Morgan fingerprint density at radius 3 is 3.00 bits per heavy atom. The SMILES string of the molecule is CCCCCSCc1ccc(C(=O)NN)s1. The third-order valence-electron chi connectivity index (χ3n) is 2.15. The highest BCUT2D eigenvalue weighted by molar-refractivity contribution is 7.98. The van der Waals surface area contributed by atoms with E-state index in [2.05, 4.69) is 12.3 Å². The number of nitrogens with one attached hydrogen (secondary N) is 1. The molecule has 1 heterocycles.